The molecule has 0 atom stereocenters. The van der Waals surface area contributed by atoms with Gasteiger partial charge in [-0.15, -0.1) is 0 Å². The maximum Gasteiger partial charge on any atom is 0.309 e. The minimum atomic E-state index is -0.495. The number of aromatic amines is 1. The van der Waals surface area contributed by atoms with Crippen molar-refractivity contribution >= 4 is 22.7 Å². The number of amides is 2. The van der Waals surface area contributed by atoms with Gasteiger partial charge in [-0.2, -0.15) is 0 Å². The van der Waals surface area contributed by atoms with Crippen molar-refractivity contribution in [3.8, 4) is 0 Å². The van der Waals surface area contributed by atoms with Gasteiger partial charge in [0.25, 0.3) is 0 Å². The number of carbonyl (C=O) groups is 2. The molecule has 0 radical (unpaired) electrons. The van der Waals surface area contributed by atoms with E-state index in [0.717, 1.165) is 48.1 Å². The first kappa shape index (κ1) is 16.8. The predicted molar refractivity (Wildman–Crippen MR) is 104 cm³/mol. The number of hydrogen-bond donors (Lipinski definition) is 3. The van der Waals surface area contributed by atoms with E-state index in [1.807, 2.05) is 24.4 Å². The van der Waals surface area contributed by atoms with Crippen LogP contribution in [0.4, 0.5) is 0 Å². The first-order valence-electron chi connectivity index (χ1n) is 10.3. The van der Waals surface area contributed by atoms with Gasteiger partial charge in [0.05, 0.1) is 0 Å². The van der Waals surface area contributed by atoms with Crippen molar-refractivity contribution in [1.82, 2.24) is 15.6 Å². The minimum Gasteiger partial charge on any atom is -0.361 e. The van der Waals surface area contributed by atoms with E-state index < -0.39 is 11.8 Å². The maximum absolute atomic E-state index is 12.5. The van der Waals surface area contributed by atoms with Crippen LogP contribution in [-0.2, 0) is 16.0 Å². The lowest BCUT2D eigenvalue weighted by atomic mass is 9.53. The molecule has 4 saturated carbocycles. The molecule has 142 valence electrons. The molecule has 27 heavy (non-hydrogen) atoms. The molecule has 0 unspecified atom stereocenters. The van der Waals surface area contributed by atoms with Gasteiger partial charge in [-0.05, 0) is 74.3 Å². The lowest BCUT2D eigenvalue weighted by Crippen LogP contribution is -2.61. The van der Waals surface area contributed by atoms with Crippen LogP contribution in [0.2, 0.25) is 0 Å². The zero-order valence-corrected chi connectivity index (χ0v) is 15.6. The van der Waals surface area contributed by atoms with Crippen LogP contribution in [0.3, 0.4) is 0 Å². The summed E-state index contributed by atoms with van der Waals surface area (Å²) in [7, 11) is 0. The molecular formula is C22H27N3O2. The normalized spacial score (nSPS) is 31.2. The predicted octanol–water partition coefficient (Wildman–Crippen LogP) is 2.91. The molecule has 4 aliphatic rings. The van der Waals surface area contributed by atoms with Crippen LogP contribution < -0.4 is 10.6 Å². The van der Waals surface area contributed by atoms with Crippen LogP contribution in [-0.4, -0.2) is 28.9 Å². The molecule has 2 aromatic rings. The number of hydrogen-bond acceptors (Lipinski definition) is 2. The molecular weight excluding hydrogens is 338 g/mol. The fraction of sp³-hybridized carbons (Fsp3) is 0.545. The first-order valence-corrected chi connectivity index (χ1v) is 10.3. The summed E-state index contributed by atoms with van der Waals surface area (Å²) in [5.41, 5.74) is 2.14. The Hall–Kier alpha value is -2.30. The van der Waals surface area contributed by atoms with Crippen molar-refractivity contribution in [3.63, 3.8) is 0 Å². The lowest BCUT2D eigenvalue weighted by molar-refractivity contribution is -0.142. The molecule has 0 saturated heterocycles. The van der Waals surface area contributed by atoms with Gasteiger partial charge < -0.3 is 15.6 Å². The molecule has 1 aromatic heterocycles. The Morgan fingerprint density at radius 1 is 1.00 bits per heavy atom. The van der Waals surface area contributed by atoms with Gasteiger partial charge in [-0.25, -0.2) is 0 Å². The Morgan fingerprint density at radius 2 is 1.67 bits per heavy atom. The second kappa shape index (κ2) is 6.39. The third-order valence-corrected chi connectivity index (χ3v) is 6.98. The third kappa shape index (κ3) is 3.13. The van der Waals surface area contributed by atoms with Crippen molar-refractivity contribution in [1.29, 1.82) is 0 Å². The van der Waals surface area contributed by atoms with Gasteiger partial charge in [-0.3, -0.25) is 9.59 Å². The van der Waals surface area contributed by atoms with Gasteiger partial charge >= 0.3 is 11.8 Å². The largest absolute Gasteiger partial charge is 0.361 e. The number of H-pyrrole nitrogens is 1. The Balaban J connectivity index is 1.16. The Labute approximate surface area is 159 Å². The molecule has 0 spiro atoms. The number of para-hydroxylation sites is 1. The Bertz CT molecular complexity index is 849. The van der Waals surface area contributed by atoms with E-state index in [4.69, 9.17) is 0 Å². The van der Waals surface area contributed by atoms with Gasteiger partial charge in [0.15, 0.2) is 0 Å². The summed E-state index contributed by atoms with van der Waals surface area (Å²) >= 11 is 0. The molecule has 0 aliphatic heterocycles. The summed E-state index contributed by atoms with van der Waals surface area (Å²) in [4.78, 5) is 28.1. The van der Waals surface area contributed by atoms with Crippen LogP contribution in [0.5, 0.6) is 0 Å². The van der Waals surface area contributed by atoms with E-state index in [2.05, 4.69) is 21.7 Å². The number of nitrogens with one attached hydrogen (secondary N) is 3. The zero-order valence-electron chi connectivity index (χ0n) is 15.6. The van der Waals surface area contributed by atoms with Crippen LogP contribution in [0.25, 0.3) is 10.9 Å². The van der Waals surface area contributed by atoms with Crippen molar-refractivity contribution < 1.29 is 9.59 Å². The summed E-state index contributed by atoms with van der Waals surface area (Å²) in [5.74, 6) is 1.31. The molecule has 5 nitrogen and oxygen atoms in total. The minimum absolute atomic E-state index is 0.111. The topological polar surface area (TPSA) is 74.0 Å². The van der Waals surface area contributed by atoms with Crippen molar-refractivity contribution in [2.24, 2.45) is 17.8 Å². The summed E-state index contributed by atoms with van der Waals surface area (Å²) in [6.45, 7) is 0.467. The highest BCUT2D eigenvalue weighted by molar-refractivity contribution is 6.35. The van der Waals surface area contributed by atoms with Crippen molar-refractivity contribution in [2.45, 2.75) is 50.5 Å². The highest BCUT2D eigenvalue weighted by Crippen LogP contribution is 2.55. The van der Waals surface area contributed by atoms with E-state index >= 15 is 0 Å². The molecule has 4 bridgehead atoms. The van der Waals surface area contributed by atoms with Gasteiger partial charge in [0.2, 0.25) is 0 Å². The molecule has 2 amide bonds. The fourth-order valence-corrected chi connectivity index (χ4v) is 6.29. The molecule has 1 heterocycles. The SMILES string of the molecule is O=C(NCCc1c[nH]c2ccccc12)C(=O)NC12CC3CC(CC(C3)C1)C2. The summed E-state index contributed by atoms with van der Waals surface area (Å²) in [6.07, 6.45) is 9.85. The molecule has 4 aliphatic carbocycles. The van der Waals surface area contributed by atoms with Gasteiger partial charge in [-0.1, -0.05) is 18.2 Å². The smallest absolute Gasteiger partial charge is 0.309 e. The second-order valence-corrected chi connectivity index (χ2v) is 9.02. The summed E-state index contributed by atoms with van der Waals surface area (Å²) < 4.78 is 0. The highest BCUT2D eigenvalue weighted by Gasteiger charge is 2.51. The van der Waals surface area contributed by atoms with Crippen LogP contribution in [0, 0.1) is 17.8 Å². The van der Waals surface area contributed by atoms with Gasteiger partial charge in [0, 0.05) is 29.2 Å². The van der Waals surface area contributed by atoms with Crippen LogP contribution >= 0.6 is 0 Å². The van der Waals surface area contributed by atoms with Crippen molar-refractivity contribution in [3.05, 3.63) is 36.0 Å². The lowest BCUT2D eigenvalue weighted by Gasteiger charge is -2.56. The summed E-state index contributed by atoms with van der Waals surface area (Å²) in [5, 5.41) is 7.11. The van der Waals surface area contributed by atoms with E-state index in [0.29, 0.717) is 13.0 Å². The first-order chi connectivity index (χ1) is 13.1. The molecule has 6 rings (SSSR count). The van der Waals surface area contributed by atoms with Crippen molar-refractivity contribution in [2.75, 3.05) is 6.54 Å². The number of carbonyl (C=O) groups excluding carboxylic acids is 2. The number of aromatic nitrogens is 1. The van der Waals surface area contributed by atoms with Crippen LogP contribution in [0.15, 0.2) is 30.5 Å². The quantitative estimate of drug-likeness (QED) is 0.729. The van der Waals surface area contributed by atoms with E-state index in [9.17, 15) is 9.59 Å². The Kier molecular flexibility index (Phi) is 3.99. The zero-order chi connectivity index (χ0) is 18.4. The second-order valence-electron chi connectivity index (χ2n) is 9.02. The van der Waals surface area contributed by atoms with Crippen LogP contribution in [0.1, 0.15) is 44.1 Å². The van der Waals surface area contributed by atoms with Gasteiger partial charge in [0.1, 0.15) is 0 Å². The van der Waals surface area contributed by atoms with E-state index in [-0.39, 0.29) is 5.54 Å². The molecule has 5 heteroatoms. The number of rotatable bonds is 4. The summed E-state index contributed by atoms with van der Waals surface area (Å²) in [6, 6.07) is 8.12. The highest BCUT2D eigenvalue weighted by atomic mass is 16.2. The monoisotopic (exact) mass is 365 g/mol. The molecule has 3 N–H and O–H groups in total. The molecule has 1 aromatic carbocycles. The van der Waals surface area contributed by atoms with E-state index in [1.54, 1.807) is 0 Å². The number of benzene rings is 1. The fourth-order valence-electron chi connectivity index (χ4n) is 6.29. The molecule has 4 fully saturated rings. The average molecular weight is 365 g/mol. The number of fused-ring (bicyclic) bond motifs is 1. The maximum atomic E-state index is 12.5. The third-order valence-electron chi connectivity index (χ3n) is 6.98. The average Bonchev–Trinajstić information content (AvgIpc) is 3.03. The standard InChI is InChI=1S/C22H27N3O2/c26-20(23-6-5-17-13-24-19-4-2-1-3-18(17)19)21(27)25-22-10-14-7-15(11-22)9-16(8-14)12-22/h1-4,13-16,24H,5-12H2,(H,23,26)(H,25,27). The Morgan fingerprint density at radius 3 is 2.37 bits per heavy atom. The van der Waals surface area contributed by atoms with E-state index in [1.165, 1.54) is 24.6 Å².